The number of rotatable bonds is 5. The lowest BCUT2D eigenvalue weighted by atomic mass is 9.83. The Bertz CT molecular complexity index is 1290. The lowest BCUT2D eigenvalue weighted by molar-refractivity contribution is -0.134. The Kier molecular flexibility index (Phi) is 6.66. The zero-order valence-corrected chi connectivity index (χ0v) is 20.2. The molecule has 2 atom stereocenters. The van der Waals surface area contributed by atoms with E-state index >= 15 is 0 Å². The second-order valence-corrected chi connectivity index (χ2v) is 9.76. The molecule has 0 spiro atoms. The van der Waals surface area contributed by atoms with Crippen molar-refractivity contribution in [1.82, 2.24) is 19.6 Å². The van der Waals surface area contributed by atoms with Crippen LogP contribution in [0.5, 0.6) is 0 Å². The van der Waals surface area contributed by atoms with E-state index in [-0.39, 0.29) is 29.3 Å². The van der Waals surface area contributed by atoms with E-state index in [2.05, 4.69) is 17.2 Å². The summed E-state index contributed by atoms with van der Waals surface area (Å²) in [6.07, 6.45) is 5.03. The SMILES string of the molecule is Cn1nc(C(=O)N2CCC[C@@H]3CN(C(=O)CCCc4ccccc4)CC[C@@H]32)c2ccccc2c1=O. The number of aryl methyl sites for hydroxylation is 2. The van der Waals surface area contributed by atoms with Crippen LogP contribution in [0.3, 0.4) is 0 Å². The fourth-order valence-corrected chi connectivity index (χ4v) is 5.72. The van der Waals surface area contributed by atoms with Crippen LogP contribution >= 0.6 is 0 Å². The van der Waals surface area contributed by atoms with Crippen LogP contribution < -0.4 is 5.56 Å². The summed E-state index contributed by atoms with van der Waals surface area (Å²) in [5.74, 6) is 0.376. The van der Waals surface area contributed by atoms with Crippen LogP contribution in [-0.4, -0.2) is 57.1 Å². The van der Waals surface area contributed by atoms with Gasteiger partial charge >= 0.3 is 0 Å². The van der Waals surface area contributed by atoms with E-state index in [0.29, 0.717) is 42.5 Å². The van der Waals surface area contributed by atoms with E-state index in [0.717, 1.165) is 32.1 Å². The summed E-state index contributed by atoms with van der Waals surface area (Å²) in [7, 11) is 1.59. The number of benzene rings is 2. The van der Waals surface area contributed by atoms with Crippen LogP contribution in [0.15, 0.2) is 59.4 Å². The monoisotopic (exact) mass is 472 g/mol. The maximum Gasteiger partial charge on any atom is 0.275 e. The van der Waals surface area contributed by atoms with Crippen molar-refractivity contribution in [2.24, 2.45) is 13.0 Å². The Morgan fingerprint density at radius 3 is 2.51 bits per heavy atom. The average molecular weight is 473 g/mol. The normalized spacial score (nSPS) is 20.0. The molecule has 2 aliphatic rings. The third-order valence-corrected chi connectivity index (χ3v) is 7.54. The summed E-state index contributed by atoms with van der Waals surface area (Å²) in [5.41, 5.74) is 1.40. The molecule has 2 saturated heterocycles. The second-order valence-electron chi connectivity index (χ2n) is 9.76. The molecule has 0 N–H and O–H groups in total. The van der Waals surface area contributed by atoms with E-state index in [1.54, 1.807) is 19.2 Å². The zero-order chi connectivity index (χ0) is 24.4. The highest BCUT2D eigenvalue weighted by atomic mass is 16.2. The summed E-state index contributed by atoms with van der Waals surface area (Å²) in [5, 5.41) is 5.48. The number of hydrogen-bond donors (Lipinski definition) is 0. The fraction of sp³-hybridized carbons (Fsp3) is 0.429. The minimum absolute atomic E-state index is 0.0995. The molecule has 7 nitrogen and oxygen atoms in total. The largest absolute Gasteiger partial charge is 0.342 e. The predicted molar refractivity (Wildman–Crippen MR) is 135 cm³/mol. The van der Waals surface area contributed by atoms with Gasteiger partial charge in [0.1, 0.15) is 0 Å². The molecular formula is C28H32N4O3. The van der Waals surface area contributed by atoms with Gasteiger partial charge in [-0.05, 0) is 49.7 Å². The van der Waals surface area contributed by atoms with Crippen LogP contribution in [0.1, 0.15) is 48.2 Å². The molecule has 7 heteroatoms. The first kappa shape index (κ1) is 23.3. The van der Waals surface area contributed by atoms with Gasteiger partial charge in [0.2, 0.25) is 5.91 Å². The minimum Gasteiger partial charge on any atom is -0.342 e. The first-order chi connectivity index (χ1) is 17.0. The Morgan fingerprint density at radius 1 is 0.971 bits per heavy atom. The molecule has 2 aromatic carbocycles. The lowest BCUT2D eigenvalue weighted by Crippen LogP contribution is -2.56. The average Bonchev–Trinajstić information content (AvgIpc) is 2.90. The summed E-state index contributed by atoms with van der Waals surface area (Å²) in [6.45, 7) is 2.07. The van der Waals surface area contributed by atoms with E-state index in [4.69, 9.17) is 0 Å². The topological polar surface area (TPSA) is 75.5 Å². The van der Waals surface area contributed by atoms with E-state index in [1.165, 1.54) is 10.2 Å². The van der Waals surface area contributed by atoms with Gasteiger partial charge in [-0.1, -0.05) is 48.5 Å². The fourth-order valence-electron chi connectivity index (χ4n) is 5.72. The Hall–Kier alpha value is -3.48. The van der Waals surface area contributed by atoms with Crippen LogP contribution in [0.25, 0.3) is 10.8 Å². The third-order valence-electron chi connectivity index (χ3n) is 7.54. The van der Waals surface area contributed by atoms with Crippen LogP contribution in [0.2, 0.25) is 0 Å². The Labute approximate surface area is 205 Å². The maximum absolute atomic E-state index is 13.7. The van der Waals surface area contributed by atoms with Gasteiger partial charge in [0.25, 0.3) is 11.5 Å². The molecule has 1 aromatic heterocycles. The van der Waals surface area contributed by atoms with Crippen molar-refractivity contribution in [3.63, 3.8) is 0 Å². The van der Waals surface area contributed by atoms with Gasteiger partial charge in [-0.3, -0.25) is 14.4 Å². The second kappa shape index (κ2) is 10.0. The van der Waals surface area contributed by atoms with Crippen molar-refractivity contribution < 1.29 is 9.59 Å². The van der Waals surface area contributed by atoms with Gasteiger partial charge in [0.05, 0.1) is 5.39 Å². The smallest absolute Gasteiger partial charge is 0.275 e. The highest BCUT2D eigenvalue weighted by Gasteiger charge is 2.40. The number of aromatic nitrogens is 2. The van der Waals surface area contributed by atoms with Crippen LogP contribution in [0.4, 0.5) is 0 Å². The summed E-state index contributed by atoms with van der Waals surface area (Å²) < 4.78 is 1.26. The van der Waals surface area contributed by atoms with Crippen LogP contribution in [0, 0.1) is 5.92 Å². The number of amides is 2. The van der Waals surface area contributed by atoms with Crippen molar-refractivity contribution in [2.75, 3.05) is 19.6 Å². The molecule has 0 bridgehead atoms. The van der Waals surface area contributed by atoms with Crippen molar-refractivity contribution >= 4 is 22.6 Å². The molecule has 182 valence electrons. The molecule has 2 aliphatic heterocycles. The molecule has 0 aliphatic carbocycles. The Morgan fingerprint density at radius 2 is 1.71 bits per heavy atom. The maximum atomic E-state index is 13.7. The zero-order valence-electron chi connectivity index (χ0n) is 20.2. The first-order valence-electron chi connectivity index (χ1n) is 12.6. The number of hydrogen-bond acceptors (Lipinski definition) is 4. The van der Waals surface area contributed by atoms with Gasteiger partial charge < -0.3 is 9.80 Å². The van der Waals surface area contributed by atoms with E-state index in [1.807, 2.05) is 40.1 Å². The summed E-state index contributed by atoms with van der Waals surface area (Å²) in [4.78, 5) is 43.1. The standard InChI is InChI=1S/C28H32N4O3/c1-30-27(34)23-14-6-5-13-22(23)26(29-30)28(35)32-17-8-12-21-19-31(18-16-24(21)32)25(33)15-7-11-20-9-3-2-4-10-20/h2-6,9-10,13-14,21,24H,7-8,11-12,15-19H2,1H3/t21-,24+/m1/s1. The molecule has 0 unspecified atom stereocenters. The van der Waals surface area contributed by atoms with Crippen LogP contribution in [-0.2, 0) is 18.3 Å². The highest BCUT2D eigenvalue weighted by molar-refractivity contribution is 6.05. The molecule has 35 heavy (non-hydrogen) atoms. The molecule has 3 aromatic rings. The van der Waals surface area contributed by atoms with Gasteiger partial charge in [-0.2, -0.15) is 5.10 Å². The minimum atomic E-state index is -0.201. The van der Waals surface area contributed by atoms with Crippen molar-refractivity contribution in [2.45, 2.75) is 44.6 Å². The molecular weight excluding hydrogens is 440 g/mol. The first-order valence-corrected chi connectivity index (χ1v) is 12.6. The molecule has 3 heterocycles. The van der Waals surface area contributed by atoms with Gasteiger partial charge in [-0.15, -0.1) is 0 Å². The van der Waals surface area contributed by atoms with Gasteiger partial charge in [0, 0.05) is 44.5 Å². The molecule has 5 rings (SSSR count). The molecule has 0 radical (unpaired) electrons. The summed E-state index contributed by atoms with van der Waals surface area (Å²) in [6, 6.07) is 17.6. The molecule has 2 amide bonds. The number of carbonyl (C=O) groups excluding carboxylic acids is 2. The number of nitrogens with zero attached hydrogens (tertiary/aromatic N) is 4. The molecule has 0 saturated carbocycles. The van der Waals surface area contributed by atoms with Gasteiger partial charge in [-0.25, -0.2) is 4.68 Å². The van der Waals surface area contributed by atoms with Crippen molar-refractivity contribution in [3.05, 3.63) is 76.2 Å². The van der Waals surface area contributed by atoms with Gasteiger partial charge in [0.15, 0.2) is 5.69 Å². The van der Waals surface area contributed by atoms with E-state index < -0.39 is 0 Å². The van der Waals surface area contributed by atoms with Crippen molar-refractivity contribution in [3.8, 4) is 0 Å². The quantitative estimate of drug-likeness (QED) is 0.570. The number of carbonyl (C=O) groups is 2. The lowest BCUT2D eigenvalue weighted by Gasteiger charge is -2.47. The van der Waals surface area contributed by atoms with Crippen molar-refractivity contribution in [1.29, 1.82) is 0 Å². The number of piperidine rings is 2. The summed E-state index contributed by atoms with van der Waals surface area (Å²) >= 11 is 0. The Balaban J connectivity index is 1.26. The molecule has 2 fully saturated rings. The highest BCUT2D eigenvalue weighted by Crippen LogP contribution is 2.32. The number of fused-ring (bicyclic) bond motifs is 2. The third kappa shape index (κ3) is 4.72. The number of likely N-dealkylation sites (tertiary alicyclic amines) is 2. The predicted octanol–water partition coefficient (Wildman–Crippen LogP) is 3.41. The van der Waals surface area contributed by atoms with E-state index in [9.17, 15) is 14.4 Å².